The average Bonchev–Trinajstić information content (AvgIpc) is 3.02. The Morgan fingerprint density at radius 3 is 2.75 bits per heavy atom. The molecule has 1 aliphatic rings. The Hall–Kier alpha value is -0.940. The summed E-state index contributed by atoms with van der Waals surface area (Å²) in [5, 5.41) is 0. The maximum atomic E-state index is 13.0. The average molecular weight is 243 g/mol. The zero-order valence-corrected chi connectivity index (χ0v) is 9.85. The Balaban J connectivity index is 2.22. The van der Waals surface area contributed by atoms with Gasteiger partial charge in [0.05, 0.1) is 4.90 Å². The number of aryl methyl sites for hydroxylation is 1. The first-order chi connectivity index (χ1) is 7.49. The van der Waals surface area contributed by atoms with Crippen molar-refractivity contribution >= 4 is 10.0 Å². The molecule has 1 aliphatic carbocycles. The van der Waals surface area contributed by atoms with Crippen LogP contribution in [0.5, 0.6) is 0 Å². The normalized spacial score (nSPS) is 16.4. The molecule has 0 amide bonds. The van der Waals surface area contributed by atoms with Gasteiger partial charge in [-0.3, -0.25) is 0 Å². The predicted molar refractivity (Wildman–Crippen MR) is 59.0 cm³/mol. The summed E-state index contributed by atoms with van der Waals surface area (Å²) in [4.78, 5) is 0.0353. The molecule has 1 N–H and O–H groups in total. The van der Waals surface area contributed by atoms with Crippen LogP contribution < -0.4 is 4.72 Å². The summed E-state index contributed by atoms with van der Waals surface area (Å²) in [5.41, 5.74) is 0.560. The van der Waals surface area contributed by atoms with Gasteiger partial charge < -0.3 is 0 Å². The van der Waals surface area contributed by atoms with Crippen molar-refractivity contribution in [1.29, 1.82) is 0 Å². The molecule has 1 aromatic carbocycles. The van der Waals surface area contributed by atoms with Gasteiger partial charge in [0.1, 0.15) is 5.82 Å². The highest BCUT2D eigenvalue weighted by Crippen LogP contribution is 2.28. The van der Waals surface area contributed by atoms with Gasteiger partial charge in [-0.15, -0.1) is 0 Å². The Morgan fingerprint density at radius 2 is 2.12 bits per heavy atom. The van der Waals surface area contributed by atoms with E-state index in [1.165, 1.54) is 12.1 Å². The highest BCUT2D eigenvalue weighted by molar-refractivity contribution is 7.89. The van der Waals surface area contributed by atoms with Crippen LogP contribution in [0.2, 0.25) is 0 Å². The van der Waals surface area contributed by atoms with Crippen molar-refractivity contribution in [2.75, 3.05) is 6.54 Å². The number of benzene rings is 1. The van der Waals surface area contributed by atoms with E-state index in [1.54, 1.807) is 6.92 Å². The number of halogens is 1. The number of rotatable bonds is 4. The van der Waals surface area contributed by atoms with E-state index in [1.807, 2.05) is 0 Å². The minimum Gasteiger partial charge on any atom is -0.211 e. The largest absolute Gasteiger partial charge is 0.240 e. The van der Waals surface area contributed by atoms with Crippen molar-refractivity contribution in [1.82, 2.24) is 4.72 Å². The fraction of sp³-hybridized carbons (Fsp3) is 0.455. The van der Waals surface area contributed by atoms with Crippen molar-refractivity contribution in [3.8, 4) is 0 Å². The Morgan fingerprint density at radius 1 is 1.44 bits per heavy atom. The SMILES string of the molecule is Cc1ccc(F)cc1S(=O)(=O)NCC1CC1. The molecule has 1 fully saturated rings. The summed E-state index contributed by atoms with van der Waals surface area (Å²) in [6, 6.07) is 3.79. The van der Waals surface area contributed by atoms with E-state index in [4.69, 9.17) is 0 Å². The summed E-state index contributed by atoms with van der Waals surface area (Å²) in [7, 11) is -3.56. The minimum atomic E-state index is -3.56. The van der Waals surface area contributed by atoms with Crippen molar-refractivity contribution in [3.63, 3.8) is 0 Å². The van der Waals surface area contributed by atoms with E-state index < -0.39 is 15.8 Å². The lowest BCUT2D eigenvalue weighted by atomic mass is 10.2. The zero-order chi connectivity index (χ0) is 11.8. The van der Waals surface area contributed by atoms with Gasteiger partial charge in [0.15, 0.2) is 0 Å². The number of hydrogen-bond acceptors (Lipinski definition) is 2. The lowest BCUT2D eigenvalue weighted by Crippen LogP contribution is -2.26. The first kappa shape index (κ1) is 11.5. The molecular formula is C11H14FNO2S. The first-order valence-corrected chi connectivity index (χ1v) is 6.73. The Bertz CT molecular complexity index is 495. The lowest BCUT2D eigenvalue weighted by Gasteiger charge is -2.08. The molecule has 5 heteroatoms. The molecule has 0 bridgehead atoms. The molecule has 88 valence electrons. The lowest BCUT2D eigenvalue weighted by molar-refractivity contribution is 0.573. The van der Waals surface area contributed by atoms with Crippen LogP contribution in [-0.2, 0) is 10.0 Å². The monoisotopic (exact) mass is 243 g/mol. The molecular weight excluding hydrogens is 229 g/mol. The summed E-state index contributed by atoms with van der Waals surface area (Å²) in [6.07, 6.45) is 2.15. The molecule has 0 aromatic heterocycles. The van der Waals surface area contributed by atoms with Gasteiger partial charge in [0.25, 0.3) is 0 Å². The highest BCUT2D eigenvalue weighted by atomic mass is 32.2. The van der Waals surface area contributed by atoms with E-state index in [-0.39, 0.29) is 4.90 Å². The number of sulfonamides is 1. The maximum Gasteiger partial charge on any atom is 0.240 e. The molecule has 1 aromatic rings. The van der Waals surface area contributed by atoms with Crippen molar-refractivity contribution in [2.45, 2.75) is 24.7 Å². The number of nitrogens with one attached hydrogen (secondary N) is 1. The van der Waals surface area contributed by atoms with Crippen LogP contribution >= 0.6 is 0 Å². The predicted octanol–water partition coefficient (Wildman–Crippen LogP) is 1.82. The van der Waals surface area contributed by atoms with Gasteiger partial charge in [-0.2, -0.15) is 0 Å². The van der Waals surface area contributed by atoms with Crippen LogP contribution in [-0.4, -0.2) is 15.0 Å². The molecule has 16 heavy (non-hydrogen) atoms. The smallest absolute Gasteiger partial charge is 0.211 e. The van der Waals surface area contributed by atoms with Crippen LogP contribution in [0.4, 0.5) is 4.39 Å². The zero-order valence-electron chi connectivity index (χ0n) is 9.03. The summed E-state index contributed by atoms with van der Waals surface area (Å²) < 4.78 is 39.2. The fourth-order valence-electron chi connectivity index (χ4n) is 1.49. The van der Waals surface area contributed by atoms with Crippen LogP contribution in [0.1, 0.15) is 18.4 Å². The molecule has 3 nitrogen and oxygen atoms in total. The van der Waals surface area contributed by atoms with E-state index in [0.717, 1.165) is 18.9 Å². The van der Waals surface area contributed by atoms with Gasteiger partial charge in [-0.25, -0.2) is 17.5 Å². The van der Waals surface area contributed by atoms with Crippen molar-refractivity contribution in [2.24, 2.45) is 5.92 Å². The molecule has 2 rings (SSSR count). The van der Waals surface area contributed by atoms with Gasteiger partial charge >= 0.3 is 0 Å². The molecule has 0 heterocycles. The topological polar surface area (TPSA) is 46.2 Å². The van der Waals surface area contributed by atoms with E-state index in [0.29, 0.717) is 18.0 Å². The highest BCUT2D eigenvalue weighted by Gasteiger charge is 2.25. The summed E-state index contributed by atoms with van der Waals surface area (Å²) in [6.45, 7) is 2.11. The third kappa shape index (κ3) is 2.59. The molecule has 0 aliphatic heterocycles. The van der Waals surface area contributed by atoms with Crippen LogP contribution in [0.3, 0.4) is 0 Å². The molecule has 0 radical (unpaired) electrons. The van der Waals surface area contributed by atoms with Gasteiger partial charge in [0, 0.05) is 6.54 Å². The van der Waals surface area contributed by atoms with E-state index in [9.17, 15) is 12.8 Å². The third-order valence-corrected chi connectivity index (χ3v) is 4.26. The number of hydrogen-bond donors (Lipinski definition) is 1. The molecule has 0 atom stereocenters. The van der Waals surface area contributed by atoms with E-state index >= 15 is 0 Å². The fourth-order valence-corrected chi connectivity index (χ4v) is 2.86. The molecule has 0 saturated heterocycles. The maximum absolute atomic E-state index is 13.0. The van der Waals surface area contributed by atoms with Crippen molar-refractivity contribution in [3.05, 3.63) is 29.6 Å². The first-order valence-electron chi connectivity index (χ1n) is 5.25. The quantitative estimate of drug-likeness (QED) is 0.876. The van der Waals surface area contributed by atoms with Gasteiger partial charge in [0.2, 0.25) is 10.0 Å². The second-order valence-electron chi connectivity index (χ2n) is 4.21. The van der Waals surface area contributed by atoms with Crippen molar-refractivity contribution < 1.29 is 12.8 Å². The van der Waals surface area contributed by atoms with E-state index in [2.05, 4.69) is 4.72 Å². The Kier molecular flexibility index (Phi) is 2.99. The third-order valence-electron chi connectivity index (χ3n) is 2.70. The van der Waals surface area contributed by atoms with Crippen LogP contribution in [0, 0.1) is 18.7 Å². The summed E-state index contributed by atoms with van der Waals surface area (Å²) >= 11 is 0. The summed E-state index contributed by atoms with van der Waals surface area (Å²) in [5.74, 6) is -0.0685. The minimum absolute atomic E-state index is 0.0353. The second kappa shape index (κ2) is 4.14. The standard InChI is InChI=1S/C11H14FNO2S/c1-8-2-5-10(12)6-11(8)16(14,15)13-7-9-3-4-9/h2,5-6,9,13H,3-4,7H2,1H3. The van der Waals surface area contributed by atoms with Crippen LogP contribution in [0.25, 0.3) is 0 Å². The molecule has 0 unspecified atom stereocenters. The molecule has 1 saturated carbocycles. The van der Waals surface area contributed by atoms with Crippen LogP contribution in [0.15, 0.2) is 23.1 Å². The van der Waals surface area contributed by atoms with Gasteiger partial charge in [-0.05, 0) is 43.4 Å². The van der Waals surface area contributed by atoms with Gasteiger partial charge in [-0.1, -0.05) is 6.07 Å². The second-order valence-corrected chi connectivity index (χ2v) is 5.94. The Labute approximate surface area is 94.7 Å². The molecule has 0 spiro atoms.